The molecule has 1 saturated heterocycles. The van der Waals surface area contributed by atoms with E-state index in [-0.39, 0.29) is 29.3 Å². The topological polar surface area (TPSA) is 80.8 Å². The number of Topliss-reactive ketones (excluding diaryl/α,β-unsaturated/α-hetero) is 1. The SMILES string of the molecule is CC(=O)C12c3ccccc3C(c3ccccc31)[C@H]1C(=O)N(c3cccc(C(=O)OC(C)C)c3)C(=O)[C@@H]12. The normalized spacial score (nSPS) is 25.4. The molecule has 7 rings (SSSR count). The monoisotopic (exact) mass is 479 g/mol. The molecule has 1 fully saturated rings. The molecule has 1 heterocycles. The Kier molecular flexibility index (Phi) is 4.80. The molecule has 0 aromatic heterocycles. The summed E-state index contributed by atoms with van der Waals surface area (Å²) in [6, 6.07) is 21.7. The Balaban J connectivity index is 1.55. The first-order valence-corrected chi connectivity index (χ1v) is 12.2. The molecule has 2 atom stereocenters. The summed E-state index contributed by atoms with van der Waals surface area (Å²) in [6.07, 6.45) is -0.304. The third-order valence-corrected chi connectivity index (χ3v) is 7.86. The van der Waals surface area contributed by atoms with Crippen molar-refractivity contribution in [2.75, 3.05) is 4.90 Å². The van der Waals surface area contributed by atoms with E-state index in [0.717, 1.165) is 22.3 Å². The first-order chi connectivity index (χ1) is 17.3. The van der Waals surface area contributed by atoms with Crippen LogP contribution >= 0.6 is 0 Å². The van der Waals surface area contributed by atoms with Gasteiger partial charge in [-0.25, -0.2) is 9.69 Å². The maximum absolute atomic E-state index is 14.2. The number of benzene rings is 3. The van der Waals surface area contributed by atoms with E-state index < -0.39 is 29.1 Å². The molecule has 3 aromatic rings. The molecule has 0 N–H and O–H groups in total. The standard InChI is InChI=1S/C30H25NO5/c1-16(2)36-29(35)18-9-8-10-19(15-18)31-27(33)25-24-20-11-4-6-13-22(20)30(17(3)32,26(25)28(31)34)23-14-7-5-12-21(23)24/h4-16,24-26H,1-3H3/t24?,25-,26-,30?/m1/s1. The second-order valence-corrected chi connectivity index (χ2v) is 10.0. The number of amides is 2. The smallest absolute Gasteiger partial charge is 0.338 e. The van der Waals surface area contributed by atoms with E-state index in [1.807, 2.05) is 48.5 Å². The van der Waals surface area contributed by atoms with Crippen molar-refractivity contribution in [3.63, 3.8) is 0 Å². The molecule has 1 aliphatic heterocycles. The fraction of sp³-hybridized carbons (Fsp3) is 0.267. The van der Waals surface area contributed by atoms with Crippen molar-refractivity contribution in [3.8, 4) is 0 Å². The molecule has 0 spiro atoms. The van der Waals surface area contributed by atoms with Crippen molar-refractivity contribution in [2.45, 2.75) is 38.2 Å². The van der Waals surface area contributed by atoms with E-state index in [0.29, 0.717) is 5.69 Å². The highest BCUT2D eigenvalue weighted by molar-refractivity contribution is 6.25. The first kappa shape index (κ1) is 22.4. The van der Waals surface area contributed by atoms with Crippen molar-refractivity contribution in [3.05, 3.63) is 101 Å². The van der Waals surface area contributed by atoms with Gasteiger partial charge in [-0.3, -0.25) is 14.4 Å². The Labute approximate surface area is 208 Å². The lowest BCUT2D eigenvalue weighted by Crippen LogP contribution is -2.57. The quantitative estimate of drug-likeness (QED) is 0.410. The first-order valence-electron chi connectivity index (χ1n) is 12.2. The van der Waals surface area contributed by atoms with Crippen LogP contribution in [0.25, 0.3) is 0 Å². The highest BCUT2D eigenvalue weighted by Crippen LogP contribution is 2.64. The second-order valence-electron chi connectivity index (χ2n) is 10.0. The maximum atomic E-state index is 14.2. The Morgan fingerprint density at radius 1 is 0.861 bits per heavy atom. The van der Waals surface area contributed by atoms with Crippen LogP contribution in [-0.4, -0.2) is 29.7 Å². The Morgan fingerprint density at radius 3 is 2.06 bits per heavy atom. The number of hydrogen-bond donors (Lipinski definition) is 0. The largest absolute Gasteiger partial charge is 0.459 e. The second kappa shape index (κ2) is 7.72. The van der Waals surface area contributed by atoms with Crippen molar-refractivity contribution in [1.29, 1.82) is 0 Å². The fourth-order valence-electron chi connectivity index (χ4n) is 6.68. The summed E-state index contributed by atoms with van der Waals surface area (Å²) in [5.41, 5.74) is 2.77. The van der Waals surface area contributed by atoms with Crippen LogP contribution in [0.15, 0.2) is 72.8 Å². The Bertz CT molecular complexity index is 1420. The van der Waals surface area contributed by atoms with Crippen molar-refractivity contribution in [1.82, 2.24) is 0 Å². The van der Waals surface area contributed by atoms with Gasteiger partial charge in [0.25, 0.3) is 0 Å². The van der Waals surface area contributed by atoms with Gasteiger partial charge in [-0.2, -0.15) is 0 Å². The number of esters is 1. The molecule has 0 saturated carbocycles. The van der Waals surface area contributed by atoms with Crippen molar-refractivity contribution in [2.24, 2.45) is 11.8 Å². The fourth-order valence-corrected chi connectivity index (χ4v) is 6.68. The number of ether oxygens (including phenoxy) is 1. The van der Waals surface area contributed by atoms with E-state index in [1.165, 1.54) is 17.9 Å². The lowest BCUT2D eigenvalue weighted by atomic mass is 9.46. The molecular weight excluding hydrogens is 454 g/mol. The number of hydrogen-bond acceptors (Lipinski definition) is 5. The van der Waals surface area contributed by atoms with Crippen LogP contribution in [0.1, 0.15) is 59.3 Å². The number of anilines is 1. The number of ketones is 1. The number of rotatable bonds is 4. The molecule has 0 radical (unpaired) electrons. The lowest BCUT2D eigenvalue weighted by Gasteiger charge is -2.52. The van der Waals surface area contributed by atoms with Gasteiger partial charge in [-0.1, -0.05) is 54.6 Å². The third-order valence-electron chi connectivity index (χ3n) is 7.86. The molecule has 0 unspecified atom stereocenters. The van der Waals surface area contributed by atoms with Gasteiger partial charge in [0.2, 0.25) is 11.8 Å². The summed E-state index contributed by atoms with van der Waals surface area (Å²) in [6.45, 7) is 5.03. The molecule has 2 amide bonds. The summed E-state index contributed by atoms with van der Waals surface area (Å²) >= 11 is 0. The van der Waals surface area contributed by atoms with E-state index in [9.17, 15) is 19.2 Å². The minimum Gasteiger partial charge on any atom is -0.459 e. The van der Waals surface area contributed by atoms with Gasteiger partial charge in [0.15, 0.2) is 0 Å². The van der Waals surface area contributed by atoms with Gasteiger partial charge < -0.3 is 4.74 Å². The highest BCUT2D eigenvalue weighted by Gasteiger charge is 2.70. The number of nitrogens with zero attached hydrogens (tertiary/aromatic N) is 1. The predicted molar refractivity (Wildman–Crippen MR) is 133 cm³/mol. The van der Waals surface area contributed by atoms with Crippen LogP contribution in [0.5, 0.6) is 0 Å². The minimum atomic E-state index is -1.25. The predicted octanol–water partition coefficient (Wildman–Crippen LogP) is 4.39. The molecule has 2 bridgehead atoms. The van der Waals surface area contributed by atoms with Crippen LogP contribution in [0.4, 0.5) is 5.69 Å². The third kappa shape index (κ3) is 2.72. The summed E-state index contributed by atoms with van der Waals surface area (Å²) in [4.78, 5) is 55.6. The molecule has 3 aliphatic carbocycles. The molecular formula is C30H25NO5. The van der Waals surface area contributed by atoms with Crippen molar-refractivity contribution >= 4 is 29.3 Å². The zero-order chi connectivity index (χ0) is 25.4. The average Bonchev–Trinajstić information content (AvgIpc) is 3.14. The summed E-state index contributed by atoms with van der Waals surface area (Å²) in [5, 5.41) is 0. The number of imide groups is 1. The van der Waals surface area contributed by atoms with Gasteiger partial charge in [-0.15, -0.1) is 0 Å². The molecule has 3 aromatic carbocycles. The van der Waals surface area contributed by atoms with Gasteiger partial charge in [0.05, 0.1) is 34.6 Å². The summed E-state index contributed by atoms with van der Waals surface area (Å²) in [7, 11) is 0. The van der Waals surface area contributed by atoms with Crippen LogP contribution < -0.4 is 4.90 Å². The van der Waals surface area contributed by atoms with Gasteiger partial charge in [0, 0.05) is 5.92 Å². The lowest BCUT2D eigenvalue weighted by molar-refractivity contribution is -0.132. The minimum absolute atomic E-state index is 0.159. The summed E-state index contributed by atoms with van der Waals surface area (Å²) < 4.78 is 5.31. The Morgan fingerprint density at radius 2 is 1.47 bits per heavy atom. The van der Waals surface area contributed by atoms with E-state index in [1.54, 1.807) is 32.0 Å². The zero-order valence-corrected chi connectivity index (χ0v) is 20.2. The molecule has 4 aliphatic rings. The van der Waals surface area contributed by atoms with Crippen molar-refractivity contribution < 1.29 is 23.9 Å². The van der Waals surface area contributed by atoms with Gasteiger partial charge in [-0.05, 0) is 61.2 Å². The van der Waals surface area contributed by atoms with E-state index in [2.05, 4.69) is 0 Å². The summed E-state index contributed by atoms with van der Waals surface area (Å²) in [5.74, 6) is -3.35. The maximum Gasteiger partial charge on any atom is 0.338 e. The molecule has 36 heavy (non-hydrogen) atoms. The van der Waals surface area contributed by atoms with Crippen LogP contribution in [0.2, 0.25) is 0 Å². The van der Waals surface area contributed by atoms with Crippen LogP contribution in [-0.2, 0) is 24.5 Å². The molecule has 6 heteroatoms. The van der Waals surface area contributed by atoms with Gasteiger partial charge in [0.1, 0.15) is 5.78 Å². The van der Waals surface area contributed by atoms with Crippen LogP contribution in [0, 0.1) is 11.8 Å². The van der Waals surface area contributed by atoms with E-state index >= 15 is 0 Å². The highest BCUT2D eigenvalue weighted by atomic mass is 16.5. The van der Waals surface area contributed by atoms with Gasteiger partial charge >= 0.3 is 5.97 Å². The average molecular weight is 480 g/mol. The number of carbonyl (C=O) groups is 4. The number of carbonyl (C=O) groups excluding carboxylic acids is 4. The molecule has 180 valence electrons. The molecule has 6 nitrogen and oxygen atoms in total. The Hall–Kier alpha value is -4.06. The van der Waals surface area contributed by atoms with E-state index in [4.69, 9.17) is 4.74 Å². The van der Waals surface area contributed by atoms with Crippen LogP contribution in [0.3, 0.4) is 0 Å². The zero-order valence-electron chi connectivity index (χ0n) is 20.2.